The smallest absolute Gasteiger partial charge is 0.261 e. The largest absolute Gasteiger partial charge is 0.497 e. The number of amides is 2. The zero-order chi connectivity index (χ0) is 18.3. The van der Waals surface area contributed by atoms with Crippen molar-refractivity contribution in [3.05, 3.63) is 60.2 Å². The molecule has 0 radical (unpaired) electrons. The van der Waals surface area contributed by atoms with Gasteiger partial charge in [0.1, 0.15) is 11.7 Å². The Morgan fingerprint density at radius 2 is 1.69 bits per heavy atom. The summed E-state index contributed by atoms with van der Waals surface area (Å²) in [6.07, 6.45) is -0.783. The minimum Gasteiger partial charge on any atom is -0.497 e. The average Bonchev–Trinajstić information content (AvgIpc) is 3.19. The number of likely N-dealkylation sites (N-methyl/N-ethyl adjacent to an activating group) is 1. The fourth-order valence-electron chi connectivity index (χ4n) is 3.72. The molecule has 2 aliphatic heterocycles. The molecule has 0 bridgehead atoms. The number of imide groups is 1. The SMILES string of the molecule is CCN1C(=O)[C@@H]2[C@H](ON(c3ccccc3)[C@@H]2c2ccc(OC)cc2)C1=O. The number of anilines is 1. The number of nitrogens with zero attached hydrogens (tertiary/aromatic N) is 2. The van der Waals surface area contributed by atoms with Gasteiger partial charge in [-0.2, -0.15) is 0 Å². The van der Waals surface area contributed by atoms with E-state index in [1.54, 1.807) is 19.1 Å². The van der Waals surface area contributed by atoms with Crippen LogP contribution in [-0.4, -0.2) is 36.5 Å². The number of carbonyl (C=O) groups excluding carboxylic acids is 2. The Morgan fingerprint density at radius 1 is 1.00 bits per heavy atom. The third-order valence-corrected chi connectivity index (χ3v) is 4.99. The van der Waals surface area contributed by atoms with Crippen LogP contribution < -0.4 is 9.80 Å². The first-order valence-electron chi connectivity index (χ1n) is 8.66. The molecule has 2 amide bonds. The minimum absolute atomic E-state index is 0.179. The second kappa shape index (κ2) is 6.46. The van der Waals surface area contributed by atoms with Gasteiger partial charge in [-0.05, 0) is 36.8 Å². The van der Waals surface area contributed by atoms with Gasteiger partial charge < -0.3 is 4.74 Å². The number of fused-ring (bicyclic) bond motifs is 1. The fraction of sp³-hybridized carbons (Fsp3) is 0.300. The molecule has 0 unspecified atom stereocenters. The van der Waals surface area contributed by atoms with E-state index in [9.17, 15) is 9.59 Å². The third-order valence-electron chi connectivity index (χ3n) is 4.99. The van der Waals surface area contributed by atoms with Crippen molar-refractivity contribution in [3.8, 4) is 5.75 Å². The Morgan fingerprint density at radius 3 is 2.31 bits per heavy atom. The molecular formula is C20H20N2O4. The zero-order valence-electron chi connectivity index (χ0n) is 14.7. The van der Waals surface area contributed by atoms with Crippen LogP contribution in [0.1, 0.15) is 18.5 Å². The van der Waals surface area contributed by atoms with E-state index < -0.39 is 12.0 Å². The molecule has 3 atom stereocenters. The van der Waals surface area contributed by atoms with E-state index in [4.69, 9.17) is 9.57 Å². The van der Waals surface area contributed by atoms with Crippen LogP contribution in [0, 0.1) is 5.92 Å². The number of rotatable bonds is 4. The normalized spacial score (nSPS) is 24.9. The van der Waals surface area contributed by atoms with Crippen molar-refractivity contribution in [1.29, 1.82) is 0 Å². The number of ether oxygens (including phenoxy) is 1. The molecule has 2 aromatic carbocycles. The van der Waals surface area contributed by atoms with Crippen LogP contribution in [0.15, 0.2) is 54.6 Å². The van der Waals surface area contributed by atoms with Crippen LogP contribution >= 0.6 is 0 Å². The standard InChI is InChI=1S/C20H20N2O4/c1-3-21-19(23)16-17(13-9-11-15(25-2)12-10-13)22(26-18(16)20(21)24)14-7-5-4-6-8-14/h4-12,16-18H,3H2,1-2H3/t16-,17+,18-/m0/s1. The number of para-hydroxylation sites is 1. The number of likely N-dealkylation sites (tertiary alicyclic amines) is 1. The Labute approximate surface area is 151 Å². The van der Waals surface area contributed by atoms with E-state index in [0.29, 0.717) is 6.54 Å². The second-order valence-electron chi connectivity index (χ2n) is 6.35. The summed E-state index contributed by atoms with van der Waals surface area (Å²) in [5, 5.41) is 1.69. The molecule has 2 fully saturated rings. The summed E-state index contributed by atoms with van der Waals surface area (Å²) in [6.45, 7) is 2.16. The number of methoxy groups -OCH3 is 1. The van der Waals surface area contributed by atoms with Gasteiger partial charge in [0.2, 0.25) is 5.91 Å². The Bertz CT molecular complexity index is 821. The van der Waals surface area contributed by atoms with E-state index in [0.717, 1.165) is 17.0 Å². The lowest BCUT2D eigenvalue weighted by Crippen LogP contribution is -2.37. The molecule has 0 spiro atoms. The summed E-state index contributed by atoms with van der Waals surface area (Å²) in [7, 11) is 1.61. The van der Waals surface area contributed by atoms with E-state index in [-0.39, 0.29) is 17.9 Å². The summed E-state index contributed by atoms with van der Waals surface area (Å²) in [5.41, 5.74) is 1.72. The molecule has 0 N–H and O–H groups in total. The van der Waals surface area contributed by atoms with Crippen LogP contribution in [0.5, 0.6) is 5.75 Å². The van der Waals surface area contributed by atoms with Crippen molar-refractivity contribution in [2.24, 2.45) is 5.92 Å². The van der Waals surface area contributed by atoms with Crippen LogP contribution in [0.2, 0.25) is 0 Å². The molecule has 2 saturated heterocycles. The molecule has 26 heavy (non-hydrogen) atoms. The van der Waals surface area contributed by atoms with Crippen LogP contribution in [-0.2, 0) is 14.4 Å². The lowest BCUT2D eigenvalue weighted by molar-refractivity contribution is -0.142. The van der Waals surface area contributed by atoms with Gasteiger partial charge in [0.25, 0.3) is 5.91 Å². The predicted octanol–water partition coefficient (Wildman–Crippen LogP) is 2.56. The number of hydrogen-bond donors (Lipinski definition) is 0. The molecule has 2 heterocycles. The summed E-state index contributed by atoms with van der Waals surface area (Å²) < 4.78 is 5.23. The van der Waals surface area contributed by atoms with Crippen LogP contribution in [0.3, 0.4) is 0 Å². The Hall–Kier alpha value is -2.86. The quantitative estimate of drug-likeness (QED) is 0.792. The zero-order valence-corrected chi connectivity index (χ0v) is 14.7. The molecule has 6 nitrogen and oxygen atoms in total. The minimum atomic E-state index is -0.783. The van der Waals surface area contributed by atoms with Gasteiger partial charge in [0, 0.05) is 6.54 Å². The maximum Gasteiger partial charge on any atom is 0.261 e. The third kappa shape index (κ3) is 2.45. The van der Waals surface area contributed by atoms with Crippen molar-refractivity contribution in [2.45, 2.75) is 19.1 Å². The average molecular weight is 352 g/mol. The topological polar surface area (TPSA) is 59.1 Å². The molecular weight excluding hydrogens is 332 g/mol. The summed E-state index contributed by atoms with van der Waals surface area (Å²) in [6, 6.07) is 16.7. The van der Waals surface area contributed by atoms with Gasteiger partial charge in [-0.1, -0.05) is 30.3 Å². The van der Waals surface area contributed by atoms with E-state index >= 15 is 0 Å². The molecule has 4 rings (SSSR count). The highest BCUT2D eigenvalue weighted by Crippen LogP contribution is 2.46. The summed E-state index contributed by atoms with van der Waals surface area (Å²) >= 11 is 0. The summed E-state index contributed by atoms with van der Waals surface area (Å²) in [5.74, 6) is -0.267. The van der Waals surface area contributed by atoms with Gasteiger partial charge in [0.05, 0.1) is 18.8 Å². The molecule has 0 aliphatic carbocycles. The van der Waals surface area contributed by atoms with Crippen molar-refractivity contribution in [3.63, 3.8) is 0 Å². The molecule has 2 aliphatic rings. The highest BCUT2D eigenvalue weighted by Gasteiger charge is 2.59. The maximum atomic E-state index is 12.9. The van der Waals surface area contributed by atoms with Gasteiger partial charge in [-0.3, -0.25) is 19.3 Å². The highest BCUT2D eigenvalue weighted by atomic mass is 16.7. The van der Waals surface area contributed by atoms with E-state index in [1.807, 2.05) is 54.6 Å². The lowest BCUT2D eigenvalue weighted by atomic mass is 9.90. The van der Waals surface area contributed by atoms with Crippen molar-refractivity contribution in [2.75, 3.05) is 18.7 Å². The van der Waals surface area contributed by atoms with Gasteiger partial charge in [0.15, 0.2) is 6.10 Å². The first-order valence-corrected chi connectivity index (χ1v) is 8.66. The lowest BCUT2D eigenvalue weighted by Gasteiger charge is -2.28. The number of carbonyl (C=O) groups is 2. The van der Waals surface area contributed by atoms with Gasteiger partial charge in [-0.25, -0.2) is 5.06 Å². The monoisotopic (exact) mass is 352 g/mol. The Balaban J connectivity index is 1.78. The van der Waals surface area contributed by atoms with Crippen molar-refractivity contribution >= 4 is 17.5 Å². The highest BCUT2D eigenvalue weighted by molar-refractivity contribution is 6.07. The van der Waals surface area contributed by atoms with Crippen molar-refractivity contribution in [1.82, 2.24) is 4.90 Å². The van der Waals surface area contributed by atoms with Gasteiger partial charge in [-0.15, -0.1) is 0 Å². The van der Waals surface area contributed by atoms with E-state index in [2.05, 4.69) is 0 Å². The number of hydrogen-bond acceptors (Lipinski definition) is 5. The molecule has 0 aromatic heterocycles. The Kier molecular flexibility index (Phi) is 4.12. The molecule has 134 valence electrons. The molecule has 6 heteroatoms. The van der Waals surface area contributed by atoms with E-state index in [1.165, 1.54) is 4.90 Å². The van der Waals surface area contributed by atoms with Crippen LogP contribution in [0.4, 0.5) is 5.69 Å². The fourth-order valence-corrected chi connectivity index (χ4v) is 3.72. The molecule has 2 aromatic rings. The number of hydroxylamine groups is 1. The second-order valence-corrected chi connectivity index (χ2v) is 6.35. The predicted molar refractivity (Wildman–Crippen MR) is 95.4 cm³/mol. The van der Waals surface area contributed by atoms with Crippen LogP contribution in [0.25, 0.3) is 0 Å². The first kappa shape index (κ1) is 16.6. The maximum absolute atomic E-state index is 12.9. The number of benzene rings is 2. The first-order chi connectivity index (χ1) is 12.7. The molecule has 0 saturated carbocycles. The van der Waals surface area contributed by atoms with Crippen molar-refractivity contribution < 1.29 is 19.2 Å². The summed E-state index contributed by atoms with van der Waals surface area (Å²) in [4.78, 5) is 32.8. The van der Waals surface area contributed by atoms with Gasteiger partial charge >= 0.3 is 0 Å².